The van der Waals surface area contributed by atoms with Crippen molar-refractivity contribution in [2.24, 2.45) is 0 Å². The van der Waals surface area contributed by atoms with Crippen molar-refractivity contribution in [2.75, 3.05) is 12.8 Å². The van der Waals surface area contributed by atoms with Crippen molar-refractivity contribution < 1.29 is 9.59 Å². The molecule has 1 amide bonds. The van der Waals surface area contributed by atoms with Crippen molar-refractivity contribution in [2.45, 2.75) is 19.8 Å². The van der Waals surface area contributed by atoms with E-state index in [1.165, 1.54) is 6.92 Å². The predicted molar refractivity (Wildman–Crippen MR) is 63.2 cm³/mol. The Morgan fingerprint density at radius 3 is 2.56 bits per heavy atom. The Morgan fingerprint density at radius 2 is 2.06 bits per heavy atom. The van der Waals surface area contributed by atoms with E-state index in [1.807, 2.05) is 6.07 Å². The molecule has 0 aliphatic rings. The second kappa shape index (κ2) is 5.30. The first-order valence-corrected chi connectivity index (χ1v) is 5.14. The van der Waals surface area contributed by atoms with E-state index in [0.717, 1.165) is 5.56 Å². The fourth-order valence-corrected chi connectivity index (χ4v) is 1.47. The van der Waals surface area contributed by atoms with Crippen LogP contribution in [0.5, 0.6) is 0 Å². The van der Waals surface area contributed by atoms with Crippen molar-refractivity contribution in [3.8, 4) is 0 Å². The van der Waals surface area contributed by atoms with Gasteiger partial charge in [-0.1, -0.05) is 6.07 Å². The number of carbonyl (C=O) groups excluding carboxylic acids is 2. The van der Waals surface area contributed by atoms with Crippen LogP contribution in [0.2, 0.25) is 0 Å². The molecule has 0 radical (unpaired) electrons. The Balaban J connectivity index is 2.74. The topological polar surface area (TPSA) is 72.2 Å². The third kappa shape index (κ3) is 3.08. The lowest BCUT2D eigenvalue weighted by molar-refractivity contribution is -0.120. The second-order valence-electron chi connectivity index (χ2n) is 3.65. The van der Waals surface area contributed by atoms with Crippen LogP contribution in [0.15, 0.2) is 18.2 Å². The van der Waals surface area contributed by atoms with Crippen LogP contribution >= 0.6 is 0 Å². The fourth-order valence-electron chi connectivity index (χ4n) is 1.47. The molecule has 0 saturated carbocycles. The van der Waals surface area contributed by atoms with Crippen LogP contribution in [-0.4, -0.2) is 18.7 Å². The smallest absolute Gasteiger partial charge is 0.220 e. The minimum absolute atomic E-state index is 0.00536. The number of nitrogens with two attached hydrogens (primary N) is 1. The van der Waals surface area contributed by atoms with Gasteiger partial charge in [0.1, 0.15) is 0 Å². The molecule has 0 atom stereocenters. The van der Waals surface area contributed by atoms with Crippen LogP contribution in [0.4, 0.5) is 5.69 Å². The fraction of sp³-hybridized carbons (Fsp3) is 0.333. The van der Waals surface area contributed by atoms with Gasteiger partial charge < -0.3 is 11.1 Å². The van der Waals surface area contributed by atoms with Crippen LogP contribution in [0.3, 0.4) is 0 Å². The molecular weight excluding hydrogens is 204 g/mol. The molecule has 0 bridgehead atoms. The van der Waals surface area contributed by atoms with E-state index in [0.29, 0.717) is 24.1 Å². The normalized spacial score (nSPS) is 9.88. The average molecular weight is 220 g/mol. The molecule has 0 heterocycles. The number of hydrogen-bond donors (Lipinski definition) is 2. The standard InChI is InChI=1S/C12H16N2O2/c1-8(15)10-5-3-9(7-11(10)13)4-6-12(16)14-2/h3,5,7H,4,6,13H2,1-2H3,(H,14,16). The highest BCUT2D eigenvalue weighted by Gasteiger charge is 2.06. The molecule has 1 aromatic carbocycles. The van der Waals surface area contributed by atoms with Gasteiger partial charge in [-0.3, -0.25) is 9.59 Å². The first-order chi connectivity index (χ1) is 7.54. The maximum absolute atomic E-state index is 11.1. The highest BCUT2D eigenvalue weighted by atomic mass is 16.1. The molecule has 0 aliphatic carbocycles. The van der Waals surface area contributed by atoms with Crippen LogP contribution in [0, 0.1) is 0 Å². The van der Waals surface area contributed by atoms with Crippen molar-refractivity contribution in [3.05, 3.63) is 29.3 Å². The maximum atomic E-state index is 11.1. The van der Waals surface area contributed by atoms with Crippen molar-refractivity contribution in [3.63, 3.8) is 0 Å². The van der Waals surface area contributed by atoms with Gasteiger partial charge in [0.2, 0.25) is 5.91 Å². The van der Waals surface area contributed by atoms with Gasteiger partial charge in [-0.05, 0) is 31.0 Å². The highest BCUT2D eigenvalue weighted by Crippen LogP contribution is 2.16. The van der Waals surface area contributed by atoms with E-state index >= 15 is 0 Å². The van der Waals surface area contributed by atoms with Crippen LogP contribution in [0.25, 0.3) is 0 Å². The molecule has 0 saturated heterocycles. The molecule has 4 heteroatoms. The van der Waals surface area contributed by atoms with Gasteiger partial charge in [0.05, 0.1) is 0 Å². The lowest BCUT2D eigenvalue weighted by Crippen LogP contribution is -2.18. The molecule has 86 valence electrons. The van der Waals surface area contributed by atoms with Crippen molar-refractivity contribution in [1.29, 1.82) is 0 Å². The molecule has 3 N–H and O–H groups in total. The zero-order valence-electron chi connectivity index (χ0n) is 9.54. The molecule has 4 nitrogen and oxygen atoms in total. The third-order valence-electron chi connectivity index (χ3n) is 2.41. The first kappa shape index (κ1) is 12.2. The van der Waals surface area contributed by atoms with Gasteiger partial charge in [0.25, 0.3) is 0 Å². The maximum Gasteiger partial charge on any atom is 0.220 e. The number of anilines is 1. The molecule has 16 heavy (non-hydrogen) atoms. The number of hydrogen-bond acceptors (Lipinski definition) is 3. The Labute approximate surface area is 94.8 Å². The summed E-state index contributed by atoms with van der Waals surface area (Å²) in [7, 11) is 1.61. The molecular formula is C12H16N2O2. The molecule has 0 aromatic heterocycles. The summed E-state index contributed by atoms with van der Waals surface area (Å²) in [5.41, 5.74) is 7.71. The quantitative estimate of drug-likeness (QED) is 0.590. The number of nitrogen functional groups attached to an aromatic ring is 1. The number of nitrogens with one attached hydrogen (secondary N) is 1. The van der Waals surface area contributed by atoms with Gasteiger partial charge in [-0.15, -0.1) is 0 Å². The monoisotopic (exact) mass is 220 g/mol. The Kier molecular flexibility index (Phi) is 4.05. The van der Waals surface area contributed by atoms with E-state index in [-0.39, 0.29) is 11.7 Å². The SMILES string of the molecule is CNC(=O)CCc1ccc(C(C)=O)c(N)c1. The van der Waals surface area contributed by atoms with E-state index in [1.54, 1.807) is 19.2 Å². The average Bonchev–Trinajstić information content (AvgIpc) is 2.25. The molecule has 1 aromatic rings. The van der Waals surface area contributed by atoms with Gasteiger partial charge >= 0.3 is 0 Å². The van der Waals surface area contributed by atoms with Gasteiger partial charge in [-0.25, -0.2) is 0 Å². The highest BCUT2D eigenvalue weighted by molar-refractivity contribution is 5.99. The molecule has 1 rings (SSSR count). The Hall–Kier alpha value is -1.84. The lowest BCUT2D eigenvalue weighted by Gasteiger charge is -2.05. The summed E-state index contributed by atoms with van der Waals surface area (Å²) in [4.78, 5) is 22.2. The summed E-state index contributed by atoms with van der Waals surface area (Å²) in [5, 5.41) is 2.56. The molecule has 0 aliphatic heterocycles. The van der Waals surface area contributed by atoms with Crippen LogP contribution in [-0.2, 0) is 11.2 Å². The largest absolute Gasteiger partial charge is 0.398 e. The zero-order valence-corrected chi connectivity index (χ0v) is 9.54. The minimum Gasteiger partial charge on any atom is -0.398 e. The van der Waals surface area contributed by atoms with Gasteiger partial charge in [-0.2, -0.15) is 0 Å². The Morgan fingerprint density at radius 1 is 1.38 bits per heavy atom. The first-order valence-electron chi connectivity index (χ1n) is 5.14. The van der Waals surface area contributed by atoms with Crippen molar-refractivity contribution in [1.82, 2.24) is 5.32 Å². The van der Waals surface area contributed by atoms with Crippen molar-refractivity contribution >= 4 is 17.4 Å². The van der Waals surface area contributed by atoms with E-state index < -0.39 is 0 Å². The van der Waals surface area contributed by atoms with Gasteiger partial charge in [0, 0.05) is 24.7 Å². The predicted octanol–water partition coefficient (Wildman–Crippen LogP) is 1.15. The summed E-state index contributed by atoms with van der Waals surface area (Å²) in [6.45, 7) is 1.48. The number of benzene rings is 1. The second-order valence-corrected chi connectivity index (χ2v) is 3.65. The van der Waals surface area contributed by atoms with Gasteiger partial charge in [0.15, 0.2) is 5.78 Å². The third-order valence-corrected chi connectivity index (χ3v) is 2.41. The lowest BCUT2D eigenvalue weighted by atomic mass is 10.0. The molecule has 0 spiro atoms. The Bertz CT molecular complexity index is 413. The molecule has 0 fully saturated rings. The number of ketones is 1. The summed E-state index contributed by atoms with van der Waals surface area (Å²) < 4.78 is 0. The summed E-state index contributed by atoms with van der Waals surface area (Å²) >= 11 is 0. The van der Waals surface area contributed by atoms with E-state index in [4.69, 9.17) is 5.73 Å². The number of carbonyl (C=O) groups is 2. The number of Topliss-reactive ketones (excluding diaryl/α,β-unsaturated/α-hetero) is 1. The van der Waals surface area contributed by atoms with Crippen LogP contribution in [0.1, 0.15) is 29.3 Å². The van der Waals surface area contributed by atoms with Crippen LogP contribution < -0.4 is 11.1 Å². The number of rotatable bonds is 4. The van der Waals surface area contributed by atoms with E-state index in [9.17, 15) is 9.59 Å². The number of amides is 1. The number of aryl methyl sites for hydroxylation is 1. The summed E-state index contributed by atoms with van der Waals surface area (Å²) in [5.74, 6) is -0.0513. The minimum atomic E-state index is -0.0460. The summed E-state index contributed by atoms with van der Waals surface area (Å²) in [6, 6.07) is 5.28. The summed E-state index contributed by atoms with van der Waals surface area (Å²) in [6.07, 6.45) is 1.05. The molecule has 0 unspecified atom stereocenters. The zero-order chi connectivity index (χ0) is 12.1. The van der Waals surface area contributed by atoms with E-state index in [2.05, 4.69) is 5.32 Å².